The van der Waals surface area contributed by atoms with Crippen LogP contribution >= 0.6 is 0 Å². The quantitative estimate of drug-likeness (QED) is 0.735. The first-order valence-electron chi connectivity index (χ1n) is 4.49. The Balaban J connectivity index is 4.14. The first-order valence-corrected chi connectivity index (χ1v) is 9.47. The van der Waals surface area contributed by atoms with E-state index in [2.05, 4.69) is 23.8 Å². The van der Waals surface area contributed by atoms with Crippen LogP contribution in [0.3, 0.4) is 0 Å². The summed E-state index contributed by atoms with van der Waals surface area (Å²) in [7, 11) is -5.12. The summed E-state index contributed by atoms with van der Waals surface area (Å²) in [4.78, 5) is 0. The minimum atomic E-state index is -3.79. The van der Waals surface area contributed by atoms with Gasteiger partial charge in [0.05, 0.1) is 14.7 Å². The molecule has 0 aromatic carbocycles. The van der Waals surface area contributed by atoms with Crippen LogP contribution in [0.2, 0.25) is 19.6 Å². The molecule has 84 valence electrons. The van der Waals surface area contributed by atoms with Gasteiger partial charge in [0, 0.05) is 0 Å². The van der Waals surface area contributed by atoms with Gasteiger partial charge in [0.25, 0.3) is 0 Å². The molecule has 0 aliphatic heterocycles. The molecule has 0 spiro atoms. The highest BCUT2D eigenvalue weighted by molar-refractivity contribution is 7.84. The van der Waals surface area contributed by atoms with Crippen LogP contribution in [0.4, 0.5) is 0 Å². The molecule has 0 fully saturated rings. The fraction of sp³-hybridized carbons (Fsp3) is 0.750. The second-order valence-corrected chi connectivity index (χ2v) is 10.5. The number of rotatable bonds is 5. The molecule has 0 saturated heterocycles. The van der Waals surface area contributed by atoms with Gasteiger partial charge in [-0.05, 0) is 13.3 Å². The average Bonchev–Trinajstić information content (AvgIpc) is 1.93. The third-order valence-electron chi connectivity index (χ3n) is 1.93. The van der Waals surface area contributed by atoms with Crippen molar-refractivity contribution in [3.63, 3.8) is 0 Å². The van der Waals surface area contributed by atoms with Crippen molar-refractivity contribution in [3.8, 4) is 0 Å². The lowest BCUT2D eigenvalue weighted by molar-refractivity contribution is 0.324. The van der Waals surface area contributed by atoms with Crippen LogP contribution in [0.25, 0.3) is 0 Å². The van der Waals surface area contributed by atoms with Gasteiger partial charge in [-0.25, -0.2) is 5.14 Å². The van der Waals surface area contributed by atoms with Gasteiger partial charge >= 0.3 is 10.3 Å². The zero-order valence-electron chi connectivity index (χ0n) is 9.20. The molecule has 0 aliphatic carbocycles. The zero-order chi connectivity index (χ0) is 11.4. The van der Waals surface area contributed by atoms with Crippen LogP contribution in [0.1, 0.15) is 13.3 Å². The second kappa shape index (κ2) is 5.06. The smallest absolute Gasteiger partial charge is 0.258 e. The van der Waals surface area contributed by atoms with Gasteiger partial charge in [-0.1, -0.05) is 30.9 Å². The Kier molecular flexibility index (Phi) is 5.00. The molecule has 0 atom stereocenters. The van der Waals surface area contributed by atoms with Crippen molar-refractivity contribution in [2.75, 3.05) is 6.61 Å². The predicted octanol–water partition coefficient (Wildman–Crippen LogP) is 1.42. The summed E-state index contributed by atoms with van der Waals surface area (Å²) in [5, 5.41) is 6.01. The third kappa shape index (κ3) is 6.31. The third-order valence-corrected chi connectivity index (χ3v) is 4.89. The van der Waals surface area contributed by atoms with Gasteiger partial charge in [0.15, 0.2) is 0 Å². The molecule has 2 N–H and O–H groups in total. The zero-order valence-corrected chi connectivity index (χ0v) is 11.0. The lowest BCUT2D eigenvalue weighted by Crippen LogP contribution is -2.26. The second-order valence-electron chi connectivity index (χ2n) is 4.13. The van der Waals surface area contributed by atoms with E-state index >= 15 is 0 Å². The summed E-state index contributed by atoms with van der Waals surface area (Å²) in [5.41, 5.74) is 0. The van der Waals surface area contributed by atoms with E-state index < -0.39 is 18.4 Å². The number of allylic oxidation sites excluding steroid dienone is 1. The first-order chi connectivity index (χ1) is 6.17. The van der Waals surface area contributed by atoms with Gasteiger partial charge in [-0.15, -0.1) is 0 Å². The molecular weight excluding hydrogens is 218 g/mol. The van der Waals surface area contributed by atoms with E-state index in [4.69, 9.17) is 5.14 Å². The highest BCUT2D eigenvalue weighted by Crippen LogP contribution is 2.17. The highest BCUT2D eigenvalue weighted by atomic mass is 32.2. The molecule has 0 radical (unpaired) electrons. The fourth-order valence-electron chi connectivity index (χ4n) is 1.22. The maximum atomic E-state index is 10.5. The standard InChI is InChI=1S/C8H19NO3SSi/c1-5-8(14(2,3)4)6-7-12-13(9,10)11/h5H,6-7H2,1-4H3,(H2,9,10,11)/b8-5+. The Labute approximate surface area is 87.4 Å². The molecule has 0 heterocycles. The van der Waals surface area contributed by atoms with E-state index in [1.807, 2.05) is 13.0 Å². The summed E-state index contributed by atoms with van der Waals surface area (Å²) < 4.78 is 25.5. The lowest BCUT2D eigenvalue weighted by atomic mass is 10.4. The fourth-order valence-corrected chi connectivity index (χ4v) is 3.25. The Morgan fingerprint density at radius 2 is 1.93 bits per heavy atom. The molecule has 4 nitrogen and oxygen atoms in total. The maximum absolute atomic E-state index is 10.5. The summed E-state index contributed by atoms with van der Waals surface area (Å²) in [6, 6.07) is 0. The van der Waals surface area contributed by atoms with Crippen LogP contribution in [0.5, 0.6) is 0 Å². The molecule has 0 aromatic rings. The number of hydrogen-bond donors (Lipinski definition) is 1. The predicted molar refractivity (Wildman–Crippen MR) is 60.8 cm³/mol. The van der Waals surface area contributed by atoms with Crippen molar-refractivity contribution < 1.29 is 12.6 Å². The molecule has 14 heavy (non-hydrogen) atoms. The van der Waals surface area contributed by atoms with E-state index in [-0.39, 0.29) is 6.61 Å². The molecule has 0 saturated carbocycles. The maximum Gasteiger partial charge on any atom is 0.333 e. The molecule has 6 heteroatoms. The monoisotopic (exact) mass is 237 g/mol. The molecule has 0 aliphatic rings. The molecular formula is C8H19NO3SSi. The van der Waals surface area contributed by atoms with E-state index in [1.54, 1.807) is 0 Å². The molecule has 0 amide bonds. The van der Waals surface area contributed by atoms with Crippen molar-refractivity contribution in [1.29, 1.82) is 0 Å². The summed E-state index contributed by atoms with van der Waals surface area (Å²) >= 11 is 0. The van der Waals surface area contributed by atoms with E-state index in [0.717, 1.165) is 0 Å². The summed E-state index contributed by atoms with van der Waals surface area (Å²) in [6.45, 7) is 8.73. The minimum absolute atomic E-state index is 0.142. The van der Waals surface area contributed by atoms with Crippen LogP contribution in [-0.2, 0) is 14.5 Å². The molecule has 0 aromatic heterocycles. The SMILES string of the molecule is C/C=C(\CCOS(N)(=O)=O)[Si](C)(C)C. The number of nitrogens with two attached hydrogens (primary N) is 1. The minimum Gasteiger partial charge on any atom is -0.258 e. The van der Waals surface area contributed by atoms with E-state index in [9.17, 15) is 8.42 Å². The Hall–Kier alpha value is -0.173. The number of hydrogen-bond acceptors (Lipinski definition) is 3. The Morgan fingerprint density at radius 1 is 1.43 bits per heavy atom. The van der Waals surface area contributed by atoms with Gasteiger partial charge in [-0.3, -0.25) is 4.18 Å². The van der Waals surface area contributed by atoms with Crippen LogP contribution in [0.15, 0.2) is 11.3 Å². The summed E-state index contributed by atoms with van der Waals surface area (Å²) in [6.07, 6.45) is 2.68. The molecule has 0 unspecified atom stereocenters. The van der Waals surface area contributed by atoms with E-state index in [0.29, 0.717) is 6.42 Å². The highest BCUT2D eigenvalue weighted by Gasteiger charge is 2.18. The van der Waals surface area contributed by atoms with Gasteiger partial charge < -0.3 is 0 Å². The molecule has 0 bridgehead atoms. The van der Waals surface area contributed by atoms with Crippen molar-refractivity contribution in [3.05, 3.63) is 11.3 Å². The Bertz CT molecular complexity index is 303. The van der Waals surface area contributed by atoms with Crippen molar-refractivity contribution in [2.24, 2.45) is 5.14 Å². The molecule has 0 rings (SSSR count). The van der Waals surface area contributed by atoms with Crippen LogP contribution < -0.4 is 5.14 Å². The van der Waals surface area contributed by atoms with Crippen molar-refractivity contribution in [2.45, 2.75) is 33.0 Å². The van der Waals surface area contributed by atoms with Gasteiger partial charge in [0.1, 0.15) is 0 Å². The topological polar surface area (TPSA) is 69.4 Å². The normalized spacial score (nSPS) is 14.5. The van der Waals surface area contributed by atoms with Gasteiger partial charge in [-0.2, -0.15) is 8.42 Å². The van der Waals surface area contributed by atoms with Crippen LogP contribution in [0, 0.1) is 0 Å². The van der Waals surface area contributed by atoms with Crippen molar-refractivity contribution >= 4 is 18.4 Å². The van der Waals surface area contributed by atoms with Crippen molar-refractivity contribution in [1.82, 2.24) is 0 Å². The van der Waals surface area contributed by atoms with Gasteiger partial charge in [0.2, 0.25) is 0 Å². The Morgan fingerprint density at radius 3 is 2.21 bits per heavy atom. The summed E-state index contributed by atoms with van der Waals surface area (Å²) in [5.74, 6) is 0. The first kappa shape index (κ1) is 13.8. The van der Waals surface area contributed by atoms with E-state index in [1.165, 1.54) is 5.20 Å². The largest absolute Gasteiger partial charge is 0.333 e. The lowest BCUT2D eigenvalue weighted by Gasteiger charge is -2.20. The average molecular weight is 237 g/mol. The van der Waals surface area contributed by atoms with Crippen LogP contribution in [-0.4, -0.2) is 23.1 Å².